The highest BCUT2D eigenvalue weighted by Gasteiger charge is 2.46. The smallest absolute Gasteiger partial charge is 0.170 e. The first kappa shape index (κ1) is 7.99. The van der Waals surface area contributed by atoms with Gasteiger partial charge >= 0.3 is 0 Å². The Hall–Kier alpha value is -0.630. The molecule has 0 unspecified atom stereocenters. The molecule has 12 heavy (non-hydrogen) atoms. The first-order valence-electron chi connectivity index (χ1n) is 4.24. The lowest BCUT2D eigenvalue weighted by Gasteiger charge is -2.35. The number of rotatable bonds is 0. The molecule has 0 radical (unpaired) electrons. The summed E-state index contributed by atoms with van der Waals surface area (Å²) in [5.41, 5.74) is -0.0708. The lowest BCUT2D eigenvalue weighted by Crippen LogP contribution is -2.43. The molecule has 2 aliphatic heterocycles. The number of nitrogens with zero attached hydrogens (tertiary/aromatic N) is 2. The summed E-state index contributed by atoms with van der Waals surface area (Å²) < 4.78 is 0. The third kappa shape index (κ3) is 1.11. The van der Waals surface area contributed by atoms with Crippen LogP contribution in [-0.2, 0) is 9.68 Å². The number of hydrogen-bond donors (Lipinski definition) is 0. The summed E-state index contributed by atoms with van der Waals surface area (Å²) in [5, 5.41) is 10.2. The van der Waals surface area contributed by atoms with Gasteiger partial charge in [-0.15, -0.1) is 0 Å². The second kappa shape index (κ2) is 2.70. The lowest BCUT2D eigenvalue weighted by atomic mass is 9.91. The van der Waals surface area contributed by atoms with Gasteiger partial charge in [0.25, 0.3) is 0 Å². The van der Waals surface area contributed by atoms with Gasteiger partial charge in [-0.05, 0) is 19.8 Å². The van der Waals surface area contributed by atoms with Crippen LogP contribution >= 0.6 is 0 Å². The molecule has 2 heterocycles. The van der Waals surface area contributed by atoms with Gasteiger partial charge in [0.05, 0.1) is 18.2 Å². The molecule has 2 atom stereocenters. The van der Waals surface area contributed by atoms with E-state index in [1.165, 1.54) is 5.23 Å². The van der Waals surface area contributed by atoms with Gasteiger partial charge in [0.2, 0.25) is 0 Å². The summed E-state index contributed by atoms with van der Waals surface area (Å²) in [7, 11) is 0. The first-order valence-corrected chi connectivity index (χ1v) is 4.24. The molecule has 0 amide bonds. The Morgan fingerprint density at radius 2 is 2.50 bits per heavy atom. The summed E-state index contributed by atoms with van der Waals surface area (Å²) in [4.78, 5) is 10.6. The fraction of sp³-hybridized carbons (Fsp3) is 0.875. The van der Waals surface area contributed by atoms with E-state index in [0.29, 0.717) is 6.61 Å². The van der Waals surface area contributed by atoms with Gasteiger partial charge in [0.1, 0.15) is 0 Å². The maximum atomic E-state index is 8.67. The minimum absolute atomic E-state index is 0.0708. The van der Waals surface area contributed by atoms with E-state index in [1.807, 2.05) is 0 Å². The molecule has 2 aliphatic rings. The zero-order valence-electron chi connectivity index (χ0n) is 7.12. The molecule has 0 aromatic carbocycles. The van der Waals surface area contributed by atoms with Crippen molar-refractivity contribution in [2.45, 2.75) is 37.8 Å². The van der Waals surface area contributed by atoms with E-state index in [0.717, 1.165) is 19.3 Å². The third-order valence-electron chi connectivity index (χ3n) is 2.50. The van der Waals surface area contributed by atoms with Gasteiger partial charge in [-0.3, -0.25) is 9.68 Å². The minimum atomic E-state index is -0.326. The van der Waals surface area contributed by atoms with Gasteiger partial charge in [-0.2, -0.15) is 5.26 Å². The fourth-order valence-corrected chi connectivity index (χ4v) is 1.80. The third-order valence-corrected chi connectivity index (χ3v) is 2.50. The topological polar surface area (TPSA) is 45.5 Å². The van der Waals surface area contributed by atoms with Crippen molar-refractivity contribution in [3.63, 3.8) is 0 Å². The zero-order valence-corrected chi connectivity index (χ0v) is 7.12. The summed E-state index contributed by atoms with van der Waals surface area (Å²) >= 11 is 0. The highest BCUT2D eigenvalue weighted by atomic mass is 17.0. The fourth-order valence-electron chi connectivity index (χ4n) is 1.80. The summed E-state index contributed by atoms with van der Waals surface area (Å²) in [6, 6.07) is 2.10. The van der Waals surface area contributed by atoms with E-state index in [1.54, 1.807) is 0 Å². The Labute approximate surface area is 71.6 Å². The van der Waals surface area contributed by atoms with E-state index in [2.05, 4.69) is 13.0 Å². The van der Waals surface area contributed by atoms with Crippen molar-refractivity contribution in [3.05, 3.63) is 0 Å². The lowest BCUT2D eigenvalue weighted by molar-refractivity contribution is -0.397. The van der Waals surface area contributed by atoms with Crippen molar-refractivity contribution in [2.24, 2.45) is 0 Å². The van der Waals surface area contributed by atoms with Crippen molar-refractivity contribution >= 4 is 0 Å². The normalized spacial score (nSPS) is 42.2. The Balaban J connectivity index is 2.12. The maximum Gasteiger partial charge on any atom is 0.170 e. The van der Waals surface area contributed by atoms with E-state index in [4.69, 9.17) is 14.9 Å². The molecule has 2 rings (SSSR count). The second-order valence-electron chi connectivity index (χ2n) is 3.62. The molecule has 0 spiro atoms. The summed E-state index contributed by atoms with van der Waals surface area (Å²) in [5.74, 6) is 0. The van der Waals surface area contributed by atoms with Crippen LogP contribution in [0.2, 0.25) is 0 Å². The summed E-state index contributed by atoms with van der Waals surface area (Å²) in [6.45, 7) is 2.78. The maximum absolute atomic E-state index is 8.67. The number of hydrogen-bond acceptors (Lipinski definition) is 4. The van der Waals surface area contributed by atoms with Gasteiger partial charge < -0.3 is 0 Å². The average molecular weight is 168 g/mol. The highest BCUT2D eigenvalue weighted by Crippen LogP contribution is 2.37. The monoisotopic (exact) mass is 168 g/mol. The largest absolute Gasteiger partial charge is 0.274 e. The molecular weight excluding hydrogens is 156 g/mol. The van der Waals surface area contributed by atoms with Crippen LogP contribution in [0.1, 0.15) is 26.2 Å². The van der Waals surface area contributed by atoms with Gasteiger partial charge in [0.15, 0.2) is 6.10 Å². The molecular formula is C8H12N2O2. The molecule has 0 aromatic rings. The predicted octanol–water partition coefficient (Wildman–Crippen LogP) is 1.000. The average Bonchev–Trinajstić information content (AvgIpc) is 2.41. The second-order valence-corrected chi connectivity index (χ2v) is 3.62. The van der Waals surface area contributed by atoms with Crippen LogP contribution in [0.5, 0.6) is 0 Å². The van der Waals surface area contributed by atoms with E-state index in [-0.39, 0.29) is 11.6 Å². The highest BCUT2D eigenvalue weighted by molar-refractivity contribution is 4.97. The van der Waals surface area contributed by atoms with Crippen LogP contribution in [0.25, 0.3) is 0 Å². The molecule has 4 heteroatoms. The Morgan fingerprint density at radius 3 is 3.17 bits per heavy atom. The quantitative estimate of drug-likeness (QED) is 0.541. The molecule has 66 valence electrons. The van der Waals surface area contributed by atoms with Crippen LogP contribution < -0.4 is 0 Å². The van der Waals surface area contributed by atoms with Crippen molar-refractivity contribution in [1.29, 1.82) is 5.26 Å². The SMILES string of the molecule is C[C@]12CCCON1O[C@H](C#N)C2. The number of hydroxylamine groups is 2. The molecule has 0 aromatic heterocycles. The van der Waals surface area contributed by atoms with Crippen LogP contribution in [0.4, 0.5) is 0 Å². The molecule has 0 N–H and O–H groups in total. The van der Waals surface area contributed by atoms with Crippen molar-refractivity contribution < 1.29 is 9.68 Å². The first-order chi connectivity index (χ1) is 5.74. The minimum Gasteiger partial charge on any atom is -0.274 e. The van der Waals surface area contributed by atoms with E-state index >= 15 is 0 Å². The predicted molar refractivity (Wildman–Crippen MR) is 40.5 cm³/mol. The molecule has 0 aliphatic carbocycles. The molecule has 2 fully saturated rings. The van der Waals surface area contributed by atoms with Crippen LogP contribution in [0, 0.1) is 11.3 Å². The zero-order chi connectivity index (χ0) is 8.60. The summed E-state index contributed by atoms with van der Waals surface area (Å²) in [6.07, 6.45) is 2.52. The molecule has 2 saturated heterocycles. The molecule has 0 bridgehead atoms. The van der Waals surface area contributed by atoms with Gasteiger partial charge in [-0.25, -0.2) is 0 Å². The Bertz CT molecular complexity index is 226. The molecule has 4 nitrogen and oxygen atoms in total. The van der Waals surface area contributed by atoms with E-state index in [9.17, 15) is 0 Å². The Morgan fingerprint density at radius 1 is 1.67 bits per heavy atom. The molecule has 0 saturated carbocycles. The number of nitriles is 1. The van der Waals surface area contributed by atoms with Crippen LogP contribution in [0.15, 0.2) is 0 Å². The van der Waals surface area contributed by atoms with Crippen molar-refractivity contribution in [2.75, 3.05) is 6.61 Å². The van der Waals surface area contributed by atoms with Crippen LogP contribution in [0.3, 0.4) is 0 Å². The van der Waals surface area contributed by atoms with Crippen molar-refractivity contribution in [3.8, 4) is 6.07 Å². The van der Waals surface area contributed by atoms with Gasteiger partial charge in [-0.1, -0.05) is 5.23 Å². The van der Waals surface area contributed by atoms with E-state index < -0.39 is 0 Å². The van der Waals surface area contributed by atoms with Crippen molar-refractivity contribution in [1.82, 2.24) is 5.23 Å². The number of fused-ring (bicyclic) bond motifs is 1. The Kier molecular flexibility index (Phi) is 1.80. The standard InChI is InChI=1S/C8H12N2O2/c1-8-3-2-4-11-10(8)12-7(5-8)6-9/h7H,2-5H2,1H3/t7-,8+/m0/s1. The van der Waals surface area contributed by atoms with Gasteiger partial charge in [0, 0.05) is 6.42 Å². The van der Waals surface area contributed by atoms with Crippen LogP contribution in [-0.4, -0.2) is 23.5 Å².